The van der Waals surface area contributed by atoms with Crippen molar-refractivity contribution in [1.82, 2.24) is 9.97 Å². The maximum absolute atomic E-state index is 10.8. The van der Waals surface area contributed by atoms with E-state index in [9.17, 15) is 4.79 Å². The Morgan fingerprint density at radius 2 is 2.08 bits per heavy atom. The molecule has 0 spiro atoms. The maximum Gasteiger partial charge on any atom is 0.248 e. The van der Waals surface area contributed by atoms with Gasteiger partial charge >= 0.3 is 0 Å². The minimum Gasteiger partial charge on any atom is -0.321 e. The minimum absolute atomic E-state index is 0. The predicted octanol–water partition coefficient (Wildman–Crippen LogP) is 1.34. The molecule has 2 heterocycles. The molecule has 0 aliphatic carbocycles. The highest BCUT2D eigenvalue weighted by atomic mass is 35.5. The summed E-state index contributed by atoms with van der Waals surface area (Å²) in [6.45, 7) is 0. The number of nitrogens with zero attached hydrogens (tertiary/aromatic N) is 1. The zero-order valence-corrected chi connectivity index (χ0v) is 6.97. The van der Waals surface area contributed by atoms with Gasteiger partial charge in [0.05, 0.1) is 11.7 Å². The predicted molar refractivity (Wildman–Crippen MR) is 49.6 cm³/mol. The van der Waals surface area contributed by atoms with Crippen LogP contribution in [0.15, 0.2) is 35.4 Å². The highest BCUT2D eigenvalue weighted by molar-refractivity contribution is 5.85. The van der Waals surface area contributed by atoms with Crippen LogP contribution in [0.3, 0.4) is 0 Å². The summed E-state index contributed by atoms with van der Waals surface area (Å²) in [5.74, 6) is 0. The van der Waals surface area contributed by atoms with Crippen LogP contribution in [0.1, 0.15) is 0 Å². The topological polar surface area (TPSA) is 45.8 Å². The normalized spacial score (nSPS) is 9.33. The molecule has 2 aromatic heterocycles. The molecule has 0 aliphatic rings. The number of aromatic amines is 1. The molecule has 1 N–H and O–H groups in total. The number of halogens is 1. The van der Waals surface area contributed by atoms with Gasteiger partial charge in [0, 0.05) is 17.6 Å². The third-order valence-corrected chi connectivity index (χ3v) is 1.53. The van der Waals surface area contributed by atoms with Crippen molar-refractivity contribution in [2.75, 3.05) is 0 Å². The molecule has 0 saturated heterocycles. The molecule has 0 aliphatic heterocycles. The Labute approximate surface area is 74.9 Å². The molecule has 0 radical (unpaired) electrons. The Morgan fingerprint density at radius 3 is 2.92 bits per heavy atom. The molecule has 2 aromatic rings. The molecule has 0 saturated carbocycles. The monoisotopic (exact) mass is 182 g/mol. The SMILES string of the molecule is Cl.O=c1ccc2ccncc2[nH]1. The van der Waals surface area contributed by atoms with Crippen LogP contribution in [0.25, 0.3) is 10.9 Å². The summed E-state index contributed by atoms with van der Waals surface area (Å²) in [4.78, 5) is 17.4. The van der Waals surface area contributed by atoms with Crippen molar-refractivity contribution in [3.8, 4) is 0 Å². The molecule has 0 atom stereocenters. The summed E-state index contributed by atoms with van der Waals surface area (Å²) < 4.78 is 0. The van der Waals surface area contributed by atoms with Crippen molar-refractivity contribution in [3.63, 3.8) is 0 Å². The molecule has 4 heteroatoms. The first-order valence-corrected chi connectivity index (χ1v) is 3.29. The number of pyridine rings is 2. The standard InChI is InChI=1S/C8H6N2O.ClH/c11-8-2-1-6-3-4-9-5-7(6)10-8;/h1-5H,(H,10,11);1H. The summed E-state index contributed by atoms with van der Waals surface area (Å²) in [6.07, 6.45) is 3.33. The largest absolute Gasteiger partial charge is 0.321 e. The molecule has 62 valence electrons. The zero-order valence-electron chi connectivity index (χ0n) is 6.15. The maximum atomic E-state index is 10.8. The first-order valence-electron chi connectivity index (χ1n) is 3.29. The van der Waals surface area contributed by atoms with Gasteiger partial charge in [-0.05, 0) is 12.1 Å². The van der Waals surface area contributed by atoms with Crippen molar-refractivity contribution in [2.45, 2.75) is 0 Å². The van der Waals surface area contributed by atoms with Crippen molar-refractivity contribution in [2.24, 2.45) is 0 Å². The first kappa shape index (κ1) is 8.74. The Morgan fingerprint density at radius 1 is 1.25 bits per heavy atom. The quantitative estimate of drug-likeness (QED) is 0.669. The molecule has 12 heavy (non-hydrogen) atoms. The van der Waals surface area contributed by atoms with Gasteiger partial charge in [-0.3, -0.25) is 9.78 Å². The smallest absolute Gasteiger partial charge is 0.248 e. The van der Waals surface area contributed by atoms with Gasteiger partial charge in [-0.1, -0.05) is 0 Å². The van der Waals surface area contributed by atoms with Gasteiger partial charge in [-0.2, -0.15) is 0 Å². The summed E-state index contributed by atoms with van der Waals surface area (Å²) >= 11 is 0. The lowest BCUT2D eigenvalue weighted by Crippen LogP contribution is -2.01. The van der Waals surface area contributed by atoms with Crippen LogP contribution in [0.2, 0.25) is 0 Å². The Balaban J connectivity index is 0.000000720. The molecule has 0 amide bonds. The number of H-pyrrole nitrogens is 1. The van der Waals surface area contributed by atoms with E-state index in [-0.39, 0.29) is 18.0 Å². The number of rotatable bonds is 0. The van der Waals surface area contributed by atoms with E-state index in [2.05, 4.69) is 9.97 Å². The van der Waals surface area contributed by atoms with Crippen LogP contribution < -0.4 is 5.56 Å². The molecule has 0 aromatic carbocycles. The van der Waals surface area contributed by atoms with E-state index in [0.29, 0.717) is 0 Å². The van der Waals surface area contributed by atoms with Crippen LogP contribution >= 0.6 is 12.4 Å². The number of aromatic nitrogens is 2. The van der Waals surface area contributed by atoms with Gasteiger partial charge < -0.3 is 4.98 Å². The van der Waals surface area contributed by atoms with Gasteiger partial charge in [-0.15, -0.1) is 12.4 Å². The lowest BCUT2D eigenvalue weighted by Gasteiger charge is -1.92. The van der Waals surface area contributed by atoms with E-state index >= 15 is 0 Å². The number of fused-ring (bicyclic) bond motifs is 1. The molecule has 0 bridgehead atoms. The highest BCUT2D eigenvalue weighted by Crippen LogP contribution is 2.04. The average Bonchev–Trinajstić information content (AvgIpc) is 2.04. The van der Waals surface area contributed by atoms with E-state index in [1.54, 1.807) is 18.5 Å². The first-order chi connectivity index (χ1) is 5.36. The summed E-state index contributed by atoms with van der Waals surface area (Å²) in [5.41, 5.74) is 0.686. The van der Waals surface area contributed by atoms with Crippen molar-refractivity contribution < 1.29 is 0 Å². The molecule has 0 fully saturated rings. The number of hydrogen-bond donors (Lipinski definition) is 1. The Hall–Kier alpha value is -1.35. The van der Waals surface area contributed by atoms with Gasteiger partial charge in [0.25, 0.3) is 0 Å². The number of hydrogen-bond acceptors (Lipinski definition) is 2. The lowest BCUT2D eigenvalue weighted by atomic mass is 10.3. The van der Waals surface area contributed by atoms with Gasteiger partial charge in [0.15, 0.2) is 0 Å². The van der Waals surface area contributed by atoms with Crippen LogP contribution in [0.4, 0.5) is 0 Å². The highest BCUT2D eigenvalue weighted by Gasteiger charge is 1.90. The van der Waals surface area contributed by atoms with Gasteiger partial charge in [0.2, 0.25) is 5.56 Å². The second-order valence-corrected chi connectivity index (χ2v) is 2.29. The van der Waals surface area contributed by atoms with Crippen LogP contribution in [0.5, 0.6) is 0 Å². The molecule has 0 unspecified atom stereocenters. The summed E-state index contributed by atoms with van der Waals surface area (Å²) in [7, 11) is 0. The summed E-state index contributed by atoms with van der Waals surface area (Å²) in [6, 6.07) is 5.13. The third-order valence-electron chi connectivity index (χ3n) is 1.53. The molecular formula is C8H7ClN2O. The van der Waals surface area contributed by atoms with E-state index in [1.807, 2.05) is 6.07 Å². The second kappa shape index (κ2) is 3.36. The average molecular weight is 183 g/mol. The third kappa shape index (κ3) is 1.46. The van der Waals surface area contributed by atoms with Gasteiger partial charge in [0.1, 0.15) is 0 Å². The van der Waals surface area contributed by atoms with Crippen LogP contribution in [0, 0.1) is 0 Å². The number of nitrogens with one attached hydrogen (secondary N) is 1. The Bertz CT molecular complexity index is 438. The molecule has 2 rings (SSSR count). The van der Waals surface area contributed by atoms with Crippen LogP contribution in [-0.2, 0) is 0 Å². The minimum atomic E-state index is -0.0921. The molecular weight excluding hydrogens is 176 g/mol. The van der Waals surface area contributed by atoms with E-state index in [0.717, 1.165) is 10.9 Å². The van der Waals surface area contributed by atoms with Crippen molar-refractivity contribution in [3.05, 3.63) is 40.9 Å². The Kier molecular flexibility index (Phi) is 2.45. The lowest BCUT2D eigenvalue weighted by molar-refractivity contribution is 1.26. The fraction of sp³-hybridized carbons (Fsp3) is 0. The fourth-order valence-corrected chi connectivity index (χ4v) is 0.995. The summed E-state index contributed by atoms with van der Waals surface area (Å²) in [5, 5.41) is 1.000. The van der Waals surface area contributed by atoms with E-state index in [4.69, 9.17) is 0 Å². The van der Waals surface area contributed by atoms with Crippen LogP contribution in [-0.4, -0.2) is 9.97 Å². The van der Waals surface area contributed by atoms with Crippen molar-refractivity contribution >= 4 is 23.3 Å². The van der Waals surface area contributed by atoms with Gasteiger partial charge in [-0.25, -0.2) is 0 Å². The van der Waals surface area contributed by atoms with E-state index < -0.39 is 0 Å². The van der Waals surface area contributed by atoms with E-state index in [1.165, 1.54) is 6.07 Å². The fourth-order valence-electron chi connectivity index (χ4n) is 0.995. The second-order valence-electron chi connectivity index (χ2n) is 2.29. The zero-order chi connectivity index (χ0) is 7.68. The van der Waals surface area contributed by atoms with Crippen molar-refractivity contribution in [1.29, 1.82) is 0 Å². The molecule has 3 nitrogen and oxygen atoms in total.